The Labute approximate surface area is 145 Å². The number of hydrogen-bond acceptors (Lipinski definition) is 4. The van der Waals surface area contributed by atoms with Crippen molar-refractivity contribution >= 4 is 5.97 Å². The zero-order valence-corrected chi connectivity index (χ0v) is 14.1. The molecular formula is C19H18FN3O2. The summed E-state index contributed by atoms with van der Waals surface area (Å²) < 4.78 is 21.5. The summed E-state index contributed by atoms with van der Waals surface area (Å²) in [6.45, 7) is 1.89. The minimum absolute atomic E-state index is 0.261. The SMILES string of the molecule is CCCC(=O)Oc1c(-c2ccccc2F)nn(C)c1-c1ccncc1. The van der Waals surface area contributed by atoms with Gasteiger partial charge >= 0.3 is 5.97 Å². The van der Waals surface area contributed by atoms with Crippen LogP contribution in [0.3, 0.4) is 0 Å². The molecular weight excluding hydrogens is 321 g/mol. The van der Waals surface area contributed by atoms with Gasteiger partial charge < -0.3 is 4.74 Å². The summed E-state index contributed by atoms with van der Waals surface area (Å²) in [4.78, 5) is 16.1. The number of nitrogens with zero attached hydrogens (tertiary/aromatic N) is 3. The Bertz CT molecular complexity index is 891. The lowest BCUT2D eigenvalue weighted by atomic mass is 10.1. The number of benzene rings is 1. The Hall–Kier alpha value is -3.02. The molecule has 0 fully saturated rings. The van der Waals surface area contributed by atoms with Crippen molar-refractivity contribution in [3.8, 4) is 28.3 Å². The molecule has 0 unspecified atom stereocenters. The minimum atomic E-state index is -0.422. The molecule has 0 N–H and O–H groups in total. The smallest absolute Gasteiger partial charge is 0.311 e. The van der Waals surface area contributed by atoms with Crippen molar-refractivity contribution in [2.45, 2.75) is 19.8 Å². The Kier molecular flexibility index (Phi) is 4.88. The molecule has 1 aromatic carbocycles. The van der Waals surface area contributed by atoms with Crippen LogP contribution in [-0.2, 0) is 11.8 Å². The molecule has 6 heteroatoms. The van der Waals surface area contributed by atoms with E-state index in [9.17, 15) is 9.18 Å². The van der Waals surface area contributed by atoms with Gasteiger partial charge in [0, 0.05) is 37.0 Å². The molecule has 5 nitrogen and oxygen atoms in total. The molecule has 0 aliphatic heterocycles. The molecule has 3 aromatic rings. The first-order chi connectivity index (χ1) is 12.1. The first-order valence-corrected chi connectivity index (χ1v) is 8.04. The van der Waals surface area contributed by atoms with E-state index in [4.69, 9.17) is 4.74 Å². The lowest BCUT2D eigenvalue weighted by molar-refractivity contribution is -0.134. The summed E-state index contributed by atoms with van der Waals surface area (Å²) >= 11 is 0. The molecule has 0 aliphatic carbocycles. The second-order valence-electron chi connectivity index (χ2n) is 5.59. The largest absolute Gasteiger partial charge is 0.422 e. The number of rotatable bonds is 5. The summed E-state index contributed by atoms with van der Waals surface area (Å²) in [5.41, 5.74) is 1.98. The highest BCUT2D eigenvalue weighted by Crippen LogP contribution is 2.39. The normalized spacial score (nSPS) is 10.7. The Morgan fingerprint density at radius 3 is 2.60 bits per heavy atom. The molecule has 0 saturated carbocycles. The lowest BCUT2D eigenvalue weighted by Crippen LogP contribution is -2.08. The van der Waals surface area contributed by atoms with E-state index in [0.717, 1.165) is 5.56 Å². The summed E-state index contributed by atoms with van der Waals surface area (Å²) in [5.74, 6) is -0.532. The monoisotopic (exact) mass is 339 g/mol. The predicted molar refractivity (Wildman–Crippen MR) is 92.4 cm³/mol. The highest BCUT2D eigenvalue weighted by atomic mass is 19.1. The maximum Gasteiger partial charge on any atom is 0.311 e. The van der Waals surface area contributed by atoms with E-state index in [1.54, 1.807) is 54.5 Å². The van der Waals surface area contributed by atoms with Gasteiger partial charge in [0.15, 0.2) is 5.75 Å². The summed E-state index contributed by atoms with van der Waals surface area (Å²) in [7, 11) is 1.73. The van der Waals surface area contributed by atoms with Crippen LogP contribution in [0.2, 0.25) is 0 Å². The van der Waals surface area contributed by atoms with Crippen LogP contribution < -0.4 is 4.74 Å². The van der Waals surface area contributed by atoms with E-state index in [1.807, 2.05) is 6.92 Å². The van der Waals surface area contributed by atoms with Crippen molar-refractivity contribution < 1.29 is 13.9 Å². The van der Waals surface area contributed by atoms with E-state index >= 15 is 0 Å². The van der Waals surface area contributed by atoms with Gasteiger partial charge in [0.1, 0.15) is 17.2 Å². The van der Waals surface area contributed by atoms with Gasteiger partial charge in [-0.05, 0) is 30.7 Å². The third-order valence-corrected chi connectivity index (χ3v) is 3.76. The van der Waals surface area contributed by atoms with Crippen LogP contribution >= 0.6 is 0 Å². The molecule has 0 radical (unpaired) electrons. The molecule has 25 heavy (non-hydrogen) atoms. The van der Waals surface area contributed by atoms with Crippen LogP contribution in [0.25, 0.3) is 22.5 Å². The molecule has 2 heterocycles. The fraction of sp³-hybridized carbons (Fsp3) is 0.211. The summed E-state index contributed by atoms with van der Waals surface area (Å²) in [5, 5.41) is 4.41. The van der Waals surface area contributed by atoms with Crippen LogP contribution in [0.1, 0.15) is 19.8 Å². The Morgan fingerprint density at radius 2 is 1.92 bits per heavy atom. The zero-order valence-electron chi connectivity index (χ0n) is 14.1. The van der Waals surface area contributed by atoms with E-state index in [2.05, 4.69) is 10.1 Å². The number of hydrogen-bond donors (Lipinski definition) is 0. The van der Waals surface area contributed by atoms with Crippen LogP contribution in [0.4, 0.5) is 4.39 Å². The van der Waals surface area contributed by atoms with Gasteiger partial charge in [0.25, 0.3) is 0 Å². The second-order valence-corrected chi connectivity index (χ2v) is 5.59. The molecule has 0 amide bonds. The van der Waals surface area contributed by atoms with E-state index in [1.165, 1.54) is 6.07 Å². The number of carbonyl (C=O) groups is 1. The third kappa shape index (κ3) is 3.42. The molecule has 0 saturated heterocycles. The van der Waals surface area contributed by atoms with Crippen LogP contribution in [-0.4, -0.2) is 20.7 Å². The Morgan fingerprint density at radius 1 is 1.20 bits per heavy atom. The maximum atomic E-state index is 14.3. The topological polar surface area (TPSA) is 57.0 Å². The van der Waals surface area contributed by atoms with Crippen molar-refractivity contribution in [1.29, 1.82) is 0 Å². The van der Waals surface area contributed by atoms with Crippen molar-refractivity contribution in [3.05, 3.63) is 54.6 Å². The first-order valence-electron chi connectivity index (χ1n) is 8.04. The van der Waals surface area contributed by atoms with Gasteiger partial charge in [-0.25, -0.2) is 4.39 Å². The van der Waals surface area contributed by atoms with E-state index in [0.29, 0.717) is 17.8 Å². The van der Waals surface area contributed by atoms with Crippen molar-refractivity contribution in [2.24, 2.45) is 7.05 Å². The van der Waals surface area contributed by atoms with Gasteiger partial charge in [0.05, 0.1) is 0 Å². The first kappa shape index (κ1) is 16.8. The quantitative estimate of drug-likeness (QED) is 0.660. The molecule has 128 valence electrons. The van der Waals surface area contributed by atoms with Crippen molar-refractivity contribution in [1.82, 2.24) is 14.8 Å². The van der Waals surface area contributed by atoms with Crippen LogP contribution in [0.15, 0.2) is 48.8 Å². The number of halogens is 1. The highest BCUT2D eigenvalue weighted by Gasteiger charge is 2.24. The highest BCUT2D eigenvalue weighted by molar-refractivity contribution is 5.83. The average molecular weight is 339 g/mol. The van der Waals surface area contributed by atoms with Gasteiger partial charge in [-0.15, -0.1) is 0 Å². The van der Waals surface area contributed by atoms with Gasteiger partial charge in [0.2, 0.25) is 0 Å². The average Bonchev–Trinajstić information content (AvgIpc) is 2.92. The third-order valence-electron chi connectivity index (χ3n) is 3.76. The lowest BCUT2D eigenvalue weighted by Gasteiger charge is -2.08. The number of ether oxygens (including phenoxy) is 1. The van der Waals surface area contributed by atoms with E-state index < -0.39 is 5.82 Å². The molecule has 2 aromatic heterocycles. The second kappa shape index (κ2) is 7.25. The number of aromatic nitrogens is 3. The van der Waals surface area contributed by atoms with Gasteiger partial charge in [-0.2, -0.15) is 5.10 Å². The van der Waals surface area contributed by atoms with Crippen LogP contribution in [0.5, 0.6) is 5.75 Å². The van der Waals surface area contributed by atoms with Crippen molar-refractivity contribution in [3.63, 3.8) is 0 Å². The van der Waals surface area contributed by atoms with E-state index in [-0.39, 0.29) is 23.7 Å². The number of aryl methyl sites for hydroxylation is 1. The van der Waals surface area contributed by atoms with Crippen LogP contribution in [0, 0.1) is 5.82 Å². The van der Waals surface area contributed by atoms with Gasteiger partial charge in [-0.3, -0.25) is 14.5 Å². The molecule has 0 aliphatic rings. The predicted octanol–water partition coefficient (Wildman–Crippen LogP) is 3.99. The number of esters is 1. The zero-order chi connectivity index (χ0) is 17.8. The molecule has 0 atom stereocenters. The fourth-order valence-corrected chi connectivity index (χ4v) is 2.63. The summed E-state index contributed by atoms with van der Waals surface area (Å²) in [6, 6.07) is 9.88. The standard InChI is InChI=1S/C19H18FN3O2/c1-3-6-16(24)25-19-17(14-7-4-5-8-15(14)20)22-23(2)18(19)13-9-11-21-12-10-13/h4-5,7-12H,3,6H2,1-2H3. The molecule has 3 rings (SSSR count). The summed E-state index contributed by atoms with van der Waals surface area (Å²) in [6.07, 6.45) is 4.23. The maximum absolute atomic E-state index is 14.3. The fourth-order valence-electron chi connectivity index (χ4n) is 2.63. The minimum Gasteiger partial charge on any atom is -0.422 e. The Balaban J connectivity index is 2.19. The van der Waals surface area contributed by atoms with Gasteiger partial charge in [-0.1, -0.05) is 19.1 Å². The number of carbonyl (C=O) groups excluding carboxylic acids is 1. The molecule has 0 spiro atoms. The van der Waals surface area contributed by atoms with Crippen molar-refractivity contribution in [2.75, 3.05) is 0 Å². The number of pyridine rings is 1. The molecule has 0 bridgehead atoms.